The van der Waals surface area contributed by atoms with Crippen molar-refractivity contribution in [3.8, 4) is 11.5 Å². The number of benzene rings is 3. The predicted octanol–water partition coefficient (Wildman–Crippen LogP) is 6.36. The molecule has 1 atom stereocenters. The van der Waals surface area contributed by atoms with Crippen molar-refractivity contribution in [1.29, 1.82) is 0 Å². The van der Waals surface area contributed by atoms with Crippen LogP contribution in [0, 0.1) is 11.6 Å². The highest BCUT2D eigenvalue weighted by Crippen LogP contribution is 2.30. The highest BCUT2D eigenvalue weighted by molar-refractivity contribution is 5.77. The number of nitrogens with zero attached hydrogens (tertiary/aromatic N) is 1. The highest BCUT2D eigenvalue weighted by atomic mass is 19.1. The molecule has 4 nitrogen and oxygen atoms in total. The van der Waals surface area contributed by atoms with E-state index in [9.17, 15) is 8.78 Å². The number of hydrogen-bond donors (Lipinski definition) is 1. The number of rotatable bonds is 8. The maximum absolute atomic E-state index is 13.8. The summed E-state index contributed by atoms with van der Waals surface area (Å²) in [6.45, 7) is 4.73. The fourth-order valence-electron chi connectivity index (χ4n) is 3.61. The fraction of sp³-hybridized carbons (Fsp3) is 0.240. The summed E-state index contributed by atoms with van der Waals surface area (Å²) in [6.07, 6.45) is 0.874. The Morgan fingerprint density at radius 2 is 1.68 bits per heavy atom. The smallest absolute Gasteiger partial charge is 0.132 e. The zero-order valence-electron chi connectivity index (χ0n) is 17.5. The monoisotopic (exact) mass is 422 g/mol. The van der Waals surface area contributed by atoms with E-state index in [0.29, 0.717) is 17.9 Å². The Hall–Kier alpha value is -3.41. The van der Waals surface area contributed by atoms with Gasteiger partial charge in [0.2, 0.25) is 0 Å². The number of halogens is 2. The van der Waals surface area contributed by atoms with Crippen molar-refractivity contribution in [2.24, 2.45) is 0 Å². The zero-order valence-corrected chi connectivity index (χ0v) is 17.5. The third-order valence-corrected chi connectivity index (χ3v) is 5.21. The summed E-state index contributed by atoms with van der Waals surface area (Å²) in [7, 11) is 0. The number of hydrogen-bond acceptors (Lipinski definition) is 3. The van der Waals surface area contributed by atoms with E-state index in [0.717, 1.165) is 40.7 Å². The van der Waals surface area contributed by atoms with Crippen LogP contribution in [0.4, 0.5) is 8.78 Å². The molecule has 1 heterocycles. The first kappa shape index (κ1) is 20.8. The van der Waals surface area contributed by atoms with Gasteiger partial charge in [-0.15, -0.1) is 0 Å². The van der Waals surface area contributed by atoms with Crippen LogP contribution in [-0.4, -0.2) is 16.6 Å². The standard InChI is InChI=1S/C25H24F2N2O2/c1-3-21(25-28-23-12-11-20(30-4-2)14-24(23)29-25)16-6-9-19(10-7-16)31-15-17-5-8-18(26)13-22(17)27/h5-14,21H,3-4,15H2,1-2H3,(H,28,29). The van der Waals surface area contributed by atoms with E-state index in [1.54, 1.807) is 0 Å². The third-order valence-electron chi connectivity index (χ3n) is 5.21. The van der Waals surface area contributed by atoms with Crippen molar-refractivity contribution >= 4 is 11.0 Å². The zero-order chi connectivity index (χ0) is 21.8. The number of aromatic nitrogens is 2. The van der Waals surface area contributed by atoms with Gasteiger partial charge in [-0.3, -0.25) is 0 Å². The second kappa shape index (κ2) is 9.16. The lowest BCUT2D eigenvalue weighted by atomic mass is 9.96. The van der Waals surface area contributed by atoms with Gasteiger partial charge in [0.05, 0.1) is 17.6 Å². The van der Waals surface area contributed by atoms with Gasteiger partial charge in [-0.1, -0.05) is 19.1 Å². The number of aromatic amines is 1. The molecule has 4 rings (SSSR count). The lowest BCUT2D eigenvalue weighted by Gasteiger charge is -2.14. The van der Waals surface area contributed by atoms with Gasteiger partial charge < -0.3 is 14.5 Å². The van der Waals surface area contributed by atoms with Crippen LogP contribution in [0.3, 0.4) is 0 Å². The molecule has 31 heavy (non-hydrogen) atoms. The average Bonchev–Trinajstić information content (AvgIpc) is 3.18. The minimum atomic E-state index is -0.611. The van der Waals surface area contributed by atoms with Crippen LogP contribution in [0.25, 0.3) is 11.0 Å². The summed E-state index contributed by atoms with van der Waals surface area (Å²) in [6, 6.07) is 17.0. The molecule has 0 spiro atoms. The number of nitrogens with one attached hydrogen (secondary N) is 1. The van der Waals surface area contributed by atoms with E-state index in [2.05, 4.69) is 11.9 Å². The van der Waals surface area contributed by atoms with Gasteiger partial charge in [0.25, 0.3) is 0 Å². The molecule has 0 aliphatic carbocycles. The molecule has 0 bridgehead atoms. The Balaban J connectivity index is 1.49. The second-order valence-corrected chi connectivity index (χ2v) is 7.29. The van der Waals surface area contributed by atoms with Crippen LogP contribution in [0.1, 0.15) is 43.1 Å². The molecule has 0 aliphatic heterocycles. The lowest BCUT2D eigenvalue weighted by Crippen LogP contribution is -2.03. The Morgan fingerprint density at radius 1 is 0.903 bits per heavy atom. The molecular weight excluding hydrogens is 398 g/mol. The van der Waals surface area contributed by atoms with Crippen LogP contribution in [-0.2, 0) is 6.61 Å². The summed E-state index contributed by atoms with van der Waals surface area (Å²) in [5.74, 6) is 1.22. The number of imidazole rings is 1. The quantitative estimate of drug-likeness (QED) is 0.359. The molecule has 1 N–H and O–H groups in total. The predicted molar refractivity (Wildman–Crippen MR) is 117 cm³/mol. The molecule has 0 saturated heterocycles. The second-order valence-electron chi connectivity index (χ2n) is 7.29. The van der Waals surface area contributed by atoms with Crippen LogP contribution >= 0.6 is 0 Å². The molecule has 4 aromatic rings. The van der Waals surface area contributed by atoms with Gasteiger partial charge in [0.15, 0.2) is 0 Å². The van der Waals surface area contributed by atoms with Gasteiger partial charge >= 0.3 is 0 Å². The van der Waals surface area contributed by atoms with Crippen molar-refractivity contribution in [1.82, 2.24) is 9.97 Å². The Labute approximate surface area is 179 Å². The minimum absolute atomic E-state index is 0.0361. The van der Waals surface area contributed by atoms with E-state index in [1.807, 2.05) is 49.4 Å². The first-order valence-corrected chi connectivity index (χ1v) is 10.4. The first-order chi connectivity index (χ1) is 15.1. The molecule has 0 fully saturated rings. The molecule has 0 aliphatic rings. The first-order valence-electron chi connectivity index (χ1n) is 10.4. The van der Waals surface area contributed by atoms with Crippen LogP contribution in [0.2, 0.25) is 0 Å². The van der Waals surface area contributed by atoms with Gasteiger partial charge in [0.1, 0.15) is 35.6 Å². The van der Waals surface area contributed by atoms with E-state index in [-0.39, 0.29) is 12.5 Å². The molecular formula is C25H24F2N2O2. The number of fused-ring (bicyclic) bond motifs is 1. The molecule has 0 amide bonds. The molecule has 1 aromatic heterocycles. The summed E-state index contributed by atoms with van der Waals surface area (Å²) in [5.41, 5.74) is 3.26. The maximum atomic E-state index is 13.8. The van der Waals surface area contributed by atoms with Gasteiger partial charge in [-0.2, -0.15) is 0 Å². The minimum Gasteiger partial charge on any atom is -0.494 e. The number of H-pyrrole nitrogens is 1. The van der Waals surface area contributed by atoms with E-state index in [4.69, 9.17) is 14.5 Å². The number of ether oxygens (including phenoxy) is 2. The lowest BCUT2D eigenvalue weighted by molar-refractivity contribution is 0.299. The van der Waals surface area contributed by atoms with Crippen LogP contribution < -0.4 is 9.47 Å². The SMILES string of the molecule is CCOc1ccc2nc(C(CC)c3ccc(OCc4ccc(F)cc4F)cc3)[nH]c2c1. The van der Waals surface area contributed by atoms with E-state index in [1.165, 1.54) is 12.1 Å². The third kappa shape index (κ3) is 4.68. The topological polar surface area (TPSA) is 47.1 Å². The van der Waals surface area contributed by atoms with Crippen molar-refractivity contribution in [3.63, 3.8) is 0 Å². The summed E-state index contributed by atoms with van der Waals surface area (Å²) >= 11 is 0. The largest absolute Gasteiger partial charge is 0.494 e. The van der Waals surface area contributed by atoms with Gasteiger partial charge in [-0.05, 0) is 55.3 Å². The molecule has 160 valence electrons. The van der Waals surface area contributed by atoms with E-state index >= 15 is 0 Å². The van der Waals surface area contributed by atoms with Gasteiger partial charge in [0, 0.05) is 23.6 Å². The van der Waals surface area contributed by atoms with Crippen molar-refractivity contribution in [2.45, 2.75) is 32.8 Å². The van der Waals surface area contributed by atoms with Gasteiger partial charge in [-0.25, -0.2) is 13.8 Å². The molecule has 1 unspecified atom stereocenters. The Kier molecular flexibility index (Phi) is 6.16. The fourth-order valence-corrected chi connectivity index (χ4v) is 3.61. The van der Waals surface area contributed by atoms with Crippen molar-refractivity contribution < 1.29 is 18.3 Å². The van der Waals surface area contributed by atoms with Crippen LogP contribution in [0.5, 0.6) is 11.5 Å². The normalized spacial score (nSPS) is 12.1. The van der Waals surface area contributed by atoms with E-state index < -0.39 is 11.6 Å². The molecule has 0 radical (unpaired) electrons. The Morgan fingerprint density at radius 3 is 2.39 bits per heavy atom. The highest BCUT2D eigenvalue weighted by Gasteiger charge is 2.17. The average molecular weight is 422 g/mol. The van der Waals surface area contributed by atoms with Crippen molar-refractivity contribution in [2.75, 3.05) is 6.61 Å². The molecule has 3 aromatic carbocycles. The van der Waals surface area contributed by atoms with Crippen molar-refractivity contribution in [3.05, 3.63) is 89.2 Å². The Bertz CT molecular complexity index is 1170. The maximum Gasteiger partial charge on any atom is 0.132 e. The van der Waals surface area contributed by atoms with Crippen LogP contribution in [0.15, 0.2) is 60.7 Å². The molecule has 0 saturated carbocycles. The summed E-state index contributed by atoms with van der Waals surface area (Å²) < 4.78 is 38.0. The molecule has 6 heteroatoms. The summed E-state index contributed by atoms with van der Waals surface area (Å²) in [5, 5.41) is 0. The summed E-state index contributed by atoms with van der Waals surface area (Å²) in [4.78, 5) is 8.18.